The molecule has 0 heterocycles. The molecule has 0 saturated carbocycles. The summed E-state index contributed by atoms with van der Waals surface area (Å²) in [7, 11) is 2.57. The van der Waals surface area contributed by atoms with Crippen molar-refractivity contribution in [2.24, 2.45) is 0 Å². The lowest BCUT2D eigenvalue weighted by Gasteiger charge is -2.16. The Morgan fingerprint density at radius 2 is 0.909 bits per heavy atom. The van der Waals surface area contributed by atoms with Gasteiger partial charge in [-0.25, -0.2) is 9.59 Å². The highest BCUT2D eigenvalue weighted by atomic mass is 16.5. The third-order valence-corrected chi connectivity index (χ3v) is 5.66. The number of methoxy groups -OCH3 is 2. The zero-order valence-corrected chi connectivity index (χ0v) is 21.2. The second-order valence-electron chi connectivity index (χ2n) is 8.41. The van der Waals surface area contributed by atoms with Gasteiger partial charge in [0.05, 0.1) is 38.6 Å². The lowest BCUT2D eigenvalue weighted by atomic mass is 10.1. The monoisotopic (exact) mass is 464 g/mol. The summed E-state index contributed by atoms with van der Waals surface area (Å²) < 4.78 is 21.7. The van der Waals surface area contributed by atoms with Crippen LogP contribution in [0.25, 0.3) is 0 Å². The summed E-state index contributed by atoms with van der Waals surface area (Å²) in [6, 6.07) is 3.07. The quantitative estimate of drug-likeness (QED) is 0.160. The molecule has 1 aromatic carbocycles. The summed E-state index contributed by atoms with van der Waals surface area (Å²) in [5, 5.41) is 0. The Kier molecular flexibility index (Phi) is 15.9. The van der Waals surface area contributed by atoms with Crippen LogP contribution in [0.4, 0.5) is 0 Å². The predicted octanol–water partition coefficient (Wildman–Crippen LogP) is 7.13. The van der Waals surface area contributed by atoms with Crippen LogP contribution in [0, 0.1) is 0 Å². The molecule has 0 amide bonds. The van der Waals surface area contributed by atoms with Crippen molar-refractivity contribution >= 4 is 11.9 Å². The molecule has 0 spiro atoms. The zero-order chi connectivity index (χ0) is 24.3. The maximum atomic E-state index is 12.3. The minimum atomic E-state index is -0.613. The van der Waals surface area contributed by atoms with Crippen LogP contribution in [0.2, 0.25) is 0 Å². The van der Waals surface area contributed by atoms with Gasteiger partial charge in [0.1, 0.15) is 0 Å². The molecular formula is C27H44O6. The summed E-state index contributed by atoms with van der Waals surface area (Å²) in [4.78, 5) is 24.6. The molecule has 1 rings (SSSR count). The van der Waals surface area contributed by atoms with Gasteiger partial charge in [0, 0.05) is 0 Å². The van der Waals surface area contributed by atoms with Crippen LogP contribution >= 0.6 is 0 Å². The van der Waals surface area contributed by atoms with Gasteiger partial charge < -0.3 is 18.9 Å². The molecule has 0 fully saturated rings. The number of ether oxygens (including phenoxy) is 4. The molecule has 33 heavy (non-hydrogen) atoms. The molecule has 0 radical (unpaired) electrons. The van der Waals surface area contributed by atoms with E-state index in [4.69, 9.17) is 18.9 Å². The van der Waals surface area contributed by atoms with Crippen molar-refractivity contribution in [1.29, 1.82) is 0 Å². The first kappa shape index (κ1) is 28.8. The Morgan fingerprint density at radius 3 is 1.24 bits per heavy atom. The Balaban J connectivity index is 2.81. The van der Waals surface area contributed by atoms with Crippen LogP contribution < -0.4 is 9.47 Å². The van der Waals surface area contributed by atoms with Crippen molar-refractivity contribution in [3.05, 3.63) is 23.3 Å². The molecule has 0 aliphatic rings. The summed E-state index contributed by atoms with van der Waals surface area (Å²) >= 11 is 0. The van der Waals surface area contributed by atoms with Gasteiger partial charge in [0.2, 0.25) is 0 Å². The van der Waals surface area contributed by atoms with Crippen molar-refractivity contribution in [2.45, 2.75) is 97.3 Å². The SMILES string of the molecule is CCCCCCCCCOc1cc(C(=O)OC)c(C(=O)OC)cc1OCCCCCCCC. The number of rotatable bonds is 19. The third kappa shape index (κ3) is 11.4. The van der Waals surface area contributed by atoms with Crippen LogP contribution in [-0.4, -0.2) is 39.4 Å². The van der Waals surface area contributed by atoms with Gasteiger partial charge in [-0.3, -0.25) is 0 Å². The Labute approximate surface area is 200 Å². The van der Waals surface area contributed by atoms with E-state index < -0.39 is 11.9 Å². The minimum absolute atomic E-state index is 0.116. The topological polar surface area (TPSA) is 71.1 Å². The molecule has 6 heteroatoms. The summed E-state index contributed by atoms with van der Waals surface area (Å²) in [6.45, 7) is 5.47. The zero-order valence-electron chi connectivity index (χ0n) is 21.2. The summed E-state index contributed by atoms with van der Waals surface area (Å²) in [5.41, 5.74) is 0.233. The maximum absolute atomic E-state index is 12.3. The normalized spacial score (nSPS) is 10.7. The first-order valence-electron chi connectivity index (χ1n) is 12.7. The highest BCUT2D eigenvalue weighted by molar-refractivity contribution is 6.04. The van der Waals surface area contributed by atoms with E-state index in [9.17, 15) is 9.59 Å². The average Bonchev–Trinajstić information content (AvgIpc) is 2.84. The molecule has 0 saturated heterocycles. The van der Waals surface area contributed by atoms with E-state index >= 15 is 0 Å². The van der Waals surface area contributed by atoms with Gasteiger partial charge in [-0.2, -0.15) is 0 Å². The van der Waals surface area contributed by atoms with E-state index in [1.807, 2.05) is 0 Å². The van der Waals surface area contributed by atoms with Crippen LogP contribution in [0.15, 0.2) is 12.1 Å². The van der Waals surface area contributed by atoms with Crippen LogP contribution in [0.5, 0.6) is 11.5 Å². The van der Waals surface area contributed by atoms with Crippen molar-refractivity contribution in [2.75, 3.05) is 27.4 Å². The molecule has 188 valence electrons. The average molecular weight is 465 g/mol. The van der Waals surface area contributed by atoms with Crippen LogP contribution in [0.3, 0.4) is 0 Å². The molecule has 6 nitrogen and oxygen atoms in total. The predicted molar refractivity (Wildman–Crippen MR) is 131 cm³/mol. The maximum Gasteiger partial charge on any atom is 0.338 e. The highest BCUT2D eigenvalue weighted by Crippen LogP contribution is 2.32. The molecule has 0 atom stereocenters. The first-order chi connectivity index (χ1) is 16.1. The van der Waals surface area contributed by atoms with Gasteiger partial charge in [-0.15, -0.1) is 0 Å². The van der Waals surface area contributed by atoms with Gasteiger partial charge in [0.25, 0.3) is 0 Å². The fraction of sp³-hybridized carbons (Fsp3) is 0.704. The van der Waals surface area contributed by atoms with E-state index in [2.05, 4.69) is 13.8 Å². The van der Waals surface area contributed by atoms with Gasteiger partial charge in [-0.1, -0.05) is 84.5 Å². The van der Waals surface area contributed by atoms with Crippen molar-refractivity contribution in [1.82, 2.24) is 0 Å². The second-order valence-corrected chi connectivity index (χ2v) is 8.41. The van der Waals surface area contributed by atoms with Crippen LogP contribution in [0.1, 0.15) is 118 Å². The molecule has 0 unspecified atom stereocenters. The molecule has 0 N–H and O–H groups in total. The molecule has 0 aliphatic carbocycles. The molecular weight excluding hydrogens is 420 g/mol. The lowest BCUT2D eigenvalue weighted by Crippen LogP contribution is -2.13. The fourth-order valence-corrected chi connectivity index (χ4v) is 3.65. The Bertz CT molecular complexity index is 685. The van der Waals surface area contributed by atoms with E-state index in [0.29, 0.717) is 24.7 Å². The van der Waals surface area contributed by atoms with Crippen molar-refractivity contribution < 1.29 is 28.5 Å². The van der Waals surface area contributed by atoms with E-state index in [0.717, 1.165) is 25.7 Å². The lowest BCUT2D eigenvalue weighted by molar-refractivity contribution is 0.0554. The Morgan fingerprint density at radius 1 is 0.576 bits per heavy atom. The van der Waals surface area contributed by atoms with Crippen LogP contribution in [-0.2, 0) is 9.47 Å². The summed E-state index contributed by atoms with van der Waals surface area (Å²) in [5.74, 6) is -0.309. The number of carbonyl (C=O) groups is 2. The van der Waals surface area contributed by atoms with Gasteiger partial charge in [0.15, 0.2) is 11.5 Å². The molecule has 0 bridgehead atoms. The minimum Gasteiger partial charge on any atom is -0.490 e. The van der Waals surface area contributed by atoms with E-state index in [-0.39, 0.29) is 11.1 Å². The summed E-state index contributed by atoms with van der Waals surface area (Å²) in [6.07, 6.45) is 15.2. The second kappa shape index (κ2) is 18.2. The number of hydrogen-bond acceptors (Lipinski definition) is 6. The van der Waals surface area contributed by atoms with Crippen molar-refractivity contribution in [3.63, 3.8) is 0 Å². The first-order valence-corrected chi connectivity index (χ1v) is 12.7. The third-order valence-electron chi connectivity index (χ3n) is 5.66. The fourth-order valence-electron chi connectivity index (χ4n) is 3.65. The molecule has 0 aromatic heterocycles. The molecule has 1 aromatic rings. The van der Waals surface area contributed by atoms with Gasteiger partial charge in [-0.05, 0) is 25.0 Å². The number of benzene rings is 1. The smallest absolute Gasteiger partial charge is 0.338 e. The Hall–Kier alpha value is -2.24. The number of carbonyl (C=O) groups excluding carboxylic acids is 2. The van der Waals surface area contributed by atoms with Gasteiger partial charge >= 0.3 is 11.9 Å². The number of esters is 2. The molecule has 0 aliphatic heterocycles. The number of unbranched alkanes of at least 4 members (excludes halogenated alkanes) is 11. The van der Waals surface area contributed by atoms with E-state index in [1.165, 1.54) is 84.1 Å². The largest absolute Gasteiger partial charge is 0.490 e. The highest BCUT2D eigenvalue weighted by Gasteiger charge is 2.23. The number of hydrogen-bond donors (Lipinski definition) is 0. The standard InChI is InChI=1S/C27H44O6/c1-5-7-9-11-13-15-17-19-33-25-21-23(27(29)31-4)22(26(28)30-3)20-24(25)32-18-16-14-12-10-8-6-2/h20-21H,5-19H2,1-4H3. The van der Waals surface area contributed by atoms with Crippen molar-refractivity contribution in [3.8, 4) is 11.5 Å². The van der Waals surface area contributed by atoms with E-state index in [1.54, 1.807) is 0 Å².